The maximum atomic E-state index is 8.95. The third-order valence-corrected chi connectivity index (χ3v) is 3.56. The maximum absolute atomic E-state index is 8.95. The molecular formula is C12H19NO3. The van der Waals surface area contributed by atoms with Gasteiger partial charge in [0.1, 0.15) is 0 Å². The van der Waals surface area contributed by atoms with Crippen LogP contribution in [0.15, 0.2) is 0 Å². The molecule has 0 aromatic carbocycles. The molecule has 4 heteroatoms. The van der Waals surface area contributed by atoms with Crippen LogP contribution < -0.4 is 0 Å². The molecular weight excluding hydrogens is 206 g/mol. The SMILES string of the molecule is C[C@@H]1OC(C#N)C[C@]2(CC[C@H](C)[C@@H](C)O2)O1. The topological polar surface area (TPSA) is 51.5 Å². The number of nitriles is 1. The van der Waals surface area contributed by atoms with E-state index in [1.807, 2.05) is 6.92 Å². The van der Waals surface area contributed by atoms with Gasteiger partial charge in [-0.25, -0.2) is 0 Å². The Kier molecular flexibility index (Phi) is 3.20. The van der Waals surface area contributed by atoms with Gasteiger partial charge in [0.25, 0.3) is 0 Å². The molecule has 2 rings (SSSR count). The summed E-state index contributed by atoms with van der Waals surface area (Å²) in [6.07, 6.45) is 1.85. The molecule has 0 saturated carbocycles. The molecule has 16 heavy (non-hydrogen) atoms. The van der Waals surface area contributed by atoms with Crippen molar-refractivity contribution in [2.45, 2.75) is 64.3 Å². The molecule has 2 heterocycles. The fraction of sp³-hybridized carbons (Fsp3) is 0.917. The highest BCUT2D eigenvalue weighted by Crippen LogP contribution is 2.40. The van der Waals surface area contributed by atoms with Crippen molar-refractivity contribution in [3.63, 3.8) is 0 Å². The summed E-state index contributed by atoms with van der Waals surface area (Å²) >= 11 is 0. The number of hydrogen-bond acceptors (Lipinski definition) is 4. The van der Waals surface area contributed by atoms with Gasteiger partial charge in [0, 0.05) is 12.8 Å². The van der Waals surface area contributed by atoms with Crippen molar-refractivity contribution in [1.82, 2.24) is 0 Å². The Morgan fingerprint density at radius 3 is 2.62 bits per heavy atom. The van der Waals surface area contributed by atoms with E-state index in [1.165, 1.54) is 0 Å². The predicted molar refractivity (Wildman–Crippen MR) is 57.3 cm³/mol. The van der Waals surface area contributed by atoms with E-state index in [0.717, 1.165) is 12.8 Å². The van der Waals surface area contributed by atoms with E-state index in [-0.39, 0.29) is 12.4 Å². The fourth-order valence-corrected chi connectivity index (χ4v) is 2.45. The lowest BCUT2D eigenvalue weighted by Crippen LogP contribution is -2.53. The average Bonchev–Trinajstić information content (AvgIpc) is 2.23. The summed E-state index contributed by atoms with van der Waals surface area (Å²) in [5.41, 5.74) is 0. The zero-order chi connectivity index (χ0) is 11.8. The fourth-order valence-electron chi connectivity index (χ4n) is 2.45. The quantitative estimate of drug-likeness (QED) is 0.634. The molecule has 0 amide bonds. The van der Waals surface area contributed by atoms with Crippen molar-refractivity contribution in [2.75, 3.05) is 0 Å². The first kappa shape index (κ1) is 11.8. The van der Waals surface area contributed by atoms with Crippen molar-refractivity contribution in [3.05, 3.63) is 0 Å². The van der Waals surface area contributed by atoms with Gasteiger partial charge >= 0.3 is 0 Å². The van der Waals surface area contributed by atoms with Crippen LogP contribution in [0.2, 0.25) is 0 Å². The van der Waals surface area contributed by atoms with Gasteiger partial charge in [-0.1, -0.05) is 6.92 Å². The van der Waals surface area contributed by atoms with Crippen molar-refractivity contribution < 1.29 is 14.2 Å². The molecule has 0 aromatic heterocycles. The Bertz CT molecular complexity index is 301. The summed E-state index contributed by atoms with van der Waals surface area (Å²) in [5, 5.41) is 8.95. The summed E-state index contributed by atoms with van der Waals surface area (Å²) in [6, 6.07) is 2.15. The Morgan fingerprint density at radius 2 is 2.00 bits per heavy atom. The van der Waals surface area contributed by atoms with Gasteiger partial charge in [0.2, 0.25) is 0 Å². The highest BCUT2D eigenvalue weighted by Gasteiger charge is 2.46. The molecule has 5 atom stereocenters. The van der Waals surface area contributed by atoms with E-state index in [2.05, 4.69) is 19.9 Å². The second kappa shape index (κ2) is 4.33. The number of hydrogen-bond donors (Lipinski definition) is 0. The van der Waals surface area contributed by atoms with Crippen LogP contribution >= 0.6 is 0 Å². The second-order valence-corrected chi connectivity index (χ2v) is 4.89. The summed E-state index contributed by atoms with van der Waals surface area (Å²) < 4.78 is 17.1. The van der Waals surface area contributed by atoms with E-state index >= 15 is 0 Å². The zero-order valence-corrected chi connectivity index (χ0v) is 10.1. The molecule has 0 radical (unpaired) electrons. The number of ether oxygens (including phenoxy) is 3. The van der Waals surface area contributed by atoms with E-state index in [4.69, 9.17) is 19.5 Å². The van der Waals surface area contributed by atoms with Crippen LogP contribution in [0.1, 0.15) is 40.0 Å². The average molecular weight is 225 g/mol. The van der Waals surface area contributed by atoms with Gasteiger partial charge in [0.15, 0.2) is 18.2 Å². The molecule has 1 spiro atoms. The first-order valence-corrected chi connectivity index (χ1v) is 5.95. The first-order chi connectivity index (χ1) is 7.54. The van der Waals surface area contributed by atoms with Crippen LogP contribution in [0, 0.1) is 17.2 Å². The van der Waals surface area contributed by atoms with Crippen molar-refractivity contribution in [1.29, 1.82) is 5.26 Å². The van der Waals surface area contributed by atoms with Crippen LogP contribution in [0.4, 0.5) is 0 Å². The third kappa shape index (κ3) is 2.22. The van der Waals surface area contributed by atoms with E-state index in [0.29, 0.717) is 12.3 Å². The minimum Gasteiger partial charge on any atom is -0.346 e. The van der Waals surface area contributed by atoms with Crippen LogP contribution in [-0.2, 0) is 14.2 Å². The predicted octanol–water partition coefficient (Wildman–Crippen LogP) is 2.19. The Labute approximate surface area is 96.5 Å². The molecule has 2 saturated heterocycles. The highest BCUT2D eigenvalue weighted by atomic mass is 16.8. The van der Waals surface area contributed by atoms with Crippen LogP contribution in [0.5, 0.6) is 0 Å². The molecule has 1 unspecified atom stereocenters. The van der Waals surface area contributed by atoms with Gasteiger partial charge in [-0.15, -0.1) is 0 Å². The summed E-state index contributed by atoms with van der Waals surface area (Å²) in [5.74, 6) is -0.0443. The van der Waals surface area contributed by atoms with Crippen molar-refractivity contribution in [3.8, 4) is 6.07 Å². The van der Waals surface area contributed by atoms with E-state index in [1.54, 1.807) is 0 Å². The normalized spacial score (nSPS) is 48.9. The minimum atomic E-state index is -0.593. The minimum absolute atomic E-state index is 0.179. The van der Waals surface area contributed by atoms with E-state index < -0.39 is 11.9 Å². The molecule has 0 bridgehead atoms. The van der Waals surface area contributed by atoms with Crippen LogP contribution in [-0.4, -0.2) is 24.3 Å². The monoisotopic (exact) mass is 225 g/mol. The third-order valence-electron chi connectivity index (χ3n) is 3.56. The van der Waals surface area contributed by atoms with E-state index in [9.17, 15) is 0 Å². The number of rotatable bonds is 0. The molecule has 2 aliphatic rings. The van der Waals surface area contributed by atoms with Crippen molar-refractivity contribution >= 4 is 0 Å². The standard InChI is InChI=1S/C12H19NO3/c1-8-4-5-12(15-9(8)2)6-11(7-13)14-10(3)16-12/h8-11H,4-6H2,1-3H3/t8-,9+,10+,11?,12-/m0/s1. The largest absolute Gasteiger partial charge is 0.346 e. The lowest BCUT2D eigenvalue weighted by molar-refractivity contribution is -0.377. The van der Waals surface area contributed by atoms with Gasteiger partial charge < -0.3 is 14.2 Å². The summed E-state index contributed by atoms with van der Waals surface area (Å²) in [4.78, 5) is 0. The molecule has 90 valence electrons. The van der Waals surface area contributed by atoms with Crippen molar-refractivity contribution in [2.24, 2.45) is 5.92 Å². The van der Waals surface area contributed by atoms with Crippen LogP contribution in [0.25, 0.3) is 0 Å². The van der Waals surface area contributed by atoms with Gasteiger partial charge in [-0.05, 0) is 26.2 Å². The van der Waals surface area contributed by atoms with Gasteiger partial charge in [-0.3, -0.25) is 0 Å². The molecule has 2 fully saturated rings. The van der Waals surface area contributed by atoms with Gasteiger partial charge in [0.05, 0.1) is 12.2 Å². The summed E-state index contributed by atoms with van der Waals surface area (Å²) in [6.45, 7) is 6.07. The lowest BCUT2D eigenvalue weighted by Gasteiger charge is -2.47. The lowest BCUT2D eigenvalue weighted by atomic mass is 9.89. The molecule has 2 aliphatic heterocycles. The number of nitrogens with zero attached hydrogens (tertiary/aromatic N) is 1. The van der Waals surface area contributed by atoms with Crippen LogP contribution in [0.3, 0.4) is 0 Å². The molecule has 0 N–H and O–H groups in total. The summed E-state index contributed by atoms with van der Waals surface area (Å²) in [7, 11) is 0. The highest BCUT2D eigenvalue weighted by molar-refractivity contribution is 4.94. The Morgan fingerprint density at radius 1 is 1.25 bits per heavy atom. The Hall–Kier alpha value is -0.630. The zero-order valence-electron chi connectivity index (χ0n) is 10.1. The Balaban J connectivity index is 2.09. The second-order valence-electron chi connectivity index (χ2n) is 4.89. The smallest absolute Gasteiger partial charge is 0.175 e. The maximum Gasteiger partial charge on any atom is 0.175 e. The molecule has 4 nitrogen and oxygen atoms in total. The first-order valence-electron chi connectivity index (χ1n) is 5.95. The molecule has 0 aromatic rings. The molecule has 0 aliphatic carbocycles. The van der Waals surface area contributed by atoms with Gasteiger partial charge in [-0.2, -0.15) is 5.26 Å².